The molecule has 0 spiro atoms. The maximum Gasteiger partial charge on any atom is 0.130 e. The SMILES string of the molecule is CC(O)COc1cccc(F)c1CCCN. The quantitative estimate of drug-likeness (QED) is 0.774. The van der Waals surface area contributed by atoms with Gasteiger partial charge in [-0.1, -0.05) is 6.07 Å². The molecule has 0 fully saturated rings. The molecule has 0 aliphatic heterocycles. The summed E-state index contributed by atoms with van der Waals surface area (Å²) in [4.78, 5) is 0. The van der Waals surface area contributed by atoms with Crippen LogP contribution in [0.4, 0.5) is 4.39 Å². The van der Waals surface area contributed by atoms with Crippen LogP contribution in [0.2, 0.25) is 0 Å². The van der Waals surface area contributed by atoms with E-state index in [2.05, 4.69) is 0 Å². The van der Waals surface area contributed by atoms with Gasteiger partial charge in [0.2, 0.25) is 0 Å². The van der Waals surface area contributed by atoms with Crippen molar-refractivity contribution in [2.45, 2.75) is 25.9 Å². The summed E-state index contributed by atoms with van der Waals surface area (Å²) in [5.74, 6) is 0.214. The number of hydrogen-bond donors (Lipinski definition) is 2. The molecule has 0 aliphatic rings. The van der Waals surface area contributed by atoms with Crippen LogP contribution in [0.25, 0.3) is 0 Å². The molecule has 0 heterocycles. The second-order valence-corrected chi connectivity index (χ2v) is 3.77. The van der Waals surface area contributed by atoms with Gasteiger partial charge in [0.25, 0.3) is 0 Å². The van der Waals surface area contributed by atoms with Gasteiger partial charge in [0.05, 0.1) is 6.10 Å². The number of hydrogen-bond acceptors (Lipinski definition) is 3. The number of nitrogens with two attached hydrogens (primary N) is 1. The topological polar surface area (TPSA) is 55.5 Å². The minimum absolute atomic E-state index is 0.166. The van der Waals surface area contributed by atoms with Gasteiger partial charge in [0.15, 0.2) is 0 Å². The third kappa shape index (κ3) is 3.79. The highest BCUT2D eigenvalue weighted by Gasteiger charge is 2.09. The fourth-order valence-electron chi connectivity index (χ4n) is 1.41. The van der Waals surface area contributed by atoms with Crippen molar-refractivity contribution < 1.29 is 14.2 Å². The first kappa shape index (κ1) is 12.9. The van der Waals surface area contributed by atoms with E-state index in [-0.39, 0.29) is 12.4 Å². The number of rotatable bonds is 6. The first-order valence-electron chi connectivity index (χ1n) is 5.43. The predicted molar refractivity (Wildman–Crippen MR) is 61.0 cm³/mol. The molecule has 1 aromatic carbocycles. The molecule has 3 nitrogen and oxygen atoms in total. The minimum atomic E-state index is -0.564. The van der Waals surface area contributed by atoms with Crippen molar-refractivity contribution >= 4 is 0 Å². The molecule has 90 valence electrons. The second kappa shape index (κ2) is 6.45. The average Bonchev–Trinajstić information content (AvgIpc) is 2.25. The van der Waals surface area contributed by atoms with Gasteiger partial charge in [0.1, 0.15) is 18.2 Å². The van der Waals surface area contributed by atoms with Crippen LogP contribution in [0.5, 0.6) is 5.75 Å². The Kier molecular flexibility index (Phi) is 5.22. The predicted octanol–water partition coefficient (Wildman–Crippen LogP) is 1.48. The summed E-state index contributed by atoms with van der Waals surface area (Å²) < 4.78 is 18.9. The fourth-order valence-corrected chi connectivity index (χ4v) is 1.41. The van der Waals surface area contributed by atoms with E-state index in [1.165, 1.54) is 6.07 Å². The van der Waals surface area contributed by atoms with Crippen LogP contribution in [-0.4, -0.2) is 24.4 Å². The van der Waals surface area contributed by atoms with Crippen molar-refractivity contribution in [3.05, 3.63) is 29.6 Å². The van der Waals surface area contributed by atoms with Crippen LogP contribution in [0.15, 0.2) is 18.2 Å². The molecule has 0 saturated carbocycles. The van der Waals surface area contributed by atoms with Crippen molar-refractivity contribution in [2.24, 2.45) is 5.73 Å². The summed E-state index contributed by atoms with van der Waals surface area (Å²) in [6.07, 6.45) is 0.704. The molecule has 0 aromatic heterocycles. The van der Waals surface area contributed by atoms with E-state index < -0.39 is 6.10 Å². The molecule has 1 unspecified atom stereocenters. The van der Waals surface area contributed by atoms with E-state index in [1.807, 2.05) is 0 Å². The minimum Gasteiger partial charge on any atom is -0.491 e. The van der Waals surface area contributed by atoms with Gasteiger partial charge in [-0.15, -0.1) is 0 Å². The number of benzene rings is 1. The number of halogens is 1. The van der Waals surface area contributed by atoms with Gasteiger partial charge in [-0.3, -0.25) is 0 Å². The fraction of sp³-hybridized carbons (Fsp3) is 0.500. The second-order valence-electron chi connectivity index (χ2n) is 3.77. The van der Waals surface area contributed by atoms with E-state index in [0.29, 0.717) is 30.7 Å². The lowest BCUT2D eigenvalue weighted by atomic mass is 10.1. The summed E-state index contributed by atoms with van der Waals surface area (Å²) in [7, 11) is 0. The lowest BCUT2D eigenvalue weighted by Gasteiger charge is -2.13. The summed E-state index contributed by atoms with van der Waals surface area (Å²) in [6, 6.07) is 4.71. The Bertz CT molecular complexity index is 329. The highest BCUT2D eigenvalue weighted by Crippen LogP contribution is 2.23. The third-order valence-electron chi connectivity index (χ3n) is 2.19. The summed E-state index contributed by atoms with van der Waals surface area (Å²) in [5, 5.41) is 9.11. The zero-order chi connectivity index (χ0) is 12.0. The molecule has 0 amide bonds. The Morgan fingerprint density at radius 3 is 2.88 bits per heavy atom. The standard InChI is InChI=1S/C12H18FNO2/c1-9(15)8-16-12-6-2-5-11(13)10(12)4-3-7-14/h2,5-6,9,15H,3-4,7-8,14H2,1H3. The molecule has 0 saturated heterocycles. The van der Waals surface area contributed by atoms with Gasteiger partial charge >= 0.3 is 0 Å². The summed E-state index contributed by atoms with van der Waals surface area (Å²) >= 11 is 0. The van der Waals surface area contributed by atoms with Crippen molar-refractivity contribution in [2.75, 3.05) is 13.2 Å². The Hall–Kier alpha value is -1.13. The van der Waals surface area contributed by atoms with Gasteiger partial charge in [-0.05, 0) is 38.4 Å². The lowest BCUT2D eigenvalue weighted by Crippen LogP contribution is -2.14. The molecule has 1 atom stereocenters. The molecule has 4 heteroatoms. The molecule has 0 bridgehead atoms. The normalized spacial score (nSPS) is 12.5. The maximum absolute atomic E-state index is 13.5. The molecule has 1 rings (SSSR count). The van der Waals surface area contributed by atoms with Gasteiger partial charge in [0, 0.05) is 5.56 Å². The van der Waals surface area contributed by atoms with Crippen LogP contribution in [0.3, 0.4) is 0 Å². The van der Waals surface area contributed by atoms with Crippen molar-refractivity contribution in [1.82, 2.24) is 0 Å². The molecule has 1 aromatic rings. The number of aliphatic hydroxyl groups is 1. The first-order valence-corrected chi connectivity index (χ1v) is 5.43. The van der Waals surface area contributed by atoms with E-state index >= 15 is 0 Å². The number of ether oxygens (including phenoxy) is 1. The van der Waals surface area contributed by atoms with Crippen molar-refractivity contribution in [1.29, 1.82) is 0 Å². The molecule has 0 radical (unpaired) electrons. The lowest BCUT2D eigenvalue weighted by molar-refractivity contribution is 0.122. The Morgan fingerprint density at radius 2 is 2.25 bits per heavy atom. The maximum atomic E-state index is 13.5. The van der Waals surface area contributed by atoms with Crippen molar-refractivity contribution in [3.8, 4) is 5.75 Å². The third-order valence-corrected chi connectivity index (χ3v) is 2.19. The van der Waals surface area contributed by atoms with E-state index in [9.17, 15) is 4.39 Å². The smallest absolute Gasteiger partial charge is 0.130 e. The molecule has 0 aliphatic carbocycles. The van der Waals surface area contributed by atoms with Crippen LogP contribution >= 0.6 is 0 Å². The van der Waals surface area contributed by atoms with Crippen LogP contribution in [0, 0.1) is 5.82 Å². The van der Waals surface area contributed by atoms with Gasteiger partial charge in [-0.2, -0.15) is 0 Å². The highest BCUT2D eigenvalue weighted by atomic mass is 19.1. The molecular formula is C12H18FNO2. The summed E-state index contributed by atoms with van der Waals surface area (Å²) in [6.45, 7) is 2.31. The Morgan fingerprint density at radius 1 is 1.50 bits per heavy atom. The van der Waals surface area contributed by atoms with E-state index in [0.717, 1.165) is 0 Å². The van der Waals surface area contributed by atoms with Gasteiger partial charge in [-0.25, -0.2) is 4.39 Å². The highest BCUT2D eigenvalue weighted by molar-refractivity contribution is 5.34. The van der Waals surface area contributed by atoms with Crippen molar-refractivity contribution in [3.63, 3.8) is 0 Å². The Balaban J connectivity index is 2.76. The monoisotopic (exact) mass is 227 g/mol. The zero-order valence-electron chi connectivity index (χ0n) is 9.45. The van der Waals surface area contributed by atoms with Crippen LogP contribution in [0.1, 0.15) is 18.9 Å². The largest absolute Gasteiger partial charge is 0.491 e. The molecule has 16 heavy (non-hydrogen) atoms. The van der Waals surface area contributed by atoms with Crippen LogP contribution in [-0.2, 0) is 6.42 Å². The zero-order valence-corrected chi connectivity index (χ0v) is 9.45. The van der Waals surface area contributed by atoms with Gasteiger partial charge < -0.3 is 15.6 Å². The van der Waals surface area contributed by atoms with E-state index in [4.69, 9.17) is 15.6 Å². The Labute approximate surface area is 95.0 Å². The first-order chi connectivity index (χ1) is 7.65. The van der Waals surface area contributed by atoms with E-state index in [1.54, 1.807) is 19.1 Å². The molecular weight excluding hydrogens is 209 g/mol. The number of aliphatic hydroxyl groups excluding tert-OH is 1. The summed E-state index contributed by atoms with van der Waals surface area (Å²) in [5.41, 5.74) is 5.93. The molecule has 3 N–H and O–H groups in total. The van der Waals surface area contributed by atoms with Crippen LogP contribution < -0.4 is 10.5 Å². The average molecular weight is 227 g/mol.